The van der Waals surface area contributed by atoms with Gasteiger partial charge in [-0.2, -0.15) is 0 Å². The smallest absolute Gasteiger partial charge is 0.0978 e. The molecule has 0 amide bonds. The molecule has 0 aromatic carbocycles. The van der Waals surface area contributed by atoms with E-state index in [0.717, 1.165) is 0 Å². The minimum absolute atomic E-state index is 0.135. The van der Waals surface area contributed by atoms with Crippen LogP contribution in [0.2, 0.25) is 0 Å². The molecule has 0 unspecified atom stereocenters. The first-order valence-corrected chi connectivity index (χ1v) is 4.53. The Hall–Kier alpha value is -0.940. The highest BCUT2D eigenvalue weighted by Gasteiger charge is 1.99. The number of amidine groups is 1. The molecular formula is C9H18FN3O. The summed E-state index contributed by atoms with van der Waals surface area (Å²) in [5.74, 6) is 0.184. The second-order valence-electron chi connectivity index (χ2n) is 3.10. The van der Waals surface area contributed by atoms with E-state index in [1.165, 1.54) is 6.08 Å². The first kappa shape index (κ1) is 13.1. The van der Waals surface area contributed by atoms with Crippen LogP contribution >= 0.6 is 0 Å². The number of aliphatic hydroxyl groups is 1. The van der Waals surface area contributed by atoms with E-state index in [0.29, 0.717) is 18.8 Å². The number of nitrogens with zero attached hydrogens (tertiary/aromatic N) is 1. The lowest BCUT2D eigenvalue weighted by atomic mass is 10.2. The van der Waals surface area contributed by atoms with Crippen molar-refractivity contribution in [2.75, 3.05) is 13.2 Å². The highest BCUT2D eigenvalue weighted by Crippen LogP contribution is 2.05. The van der Waals surface area contributed by atoms with Crippen molar-refractivity contribution in [2.45, 2.75) is 25.8 Å². The zero-order chi connectivity index (χ0) is 11.0. The average molecular weight is 203 g/mol. The molecule has 14 heavy (non-hydrogen) atoms. The van der Waals surface area contributed by atoms with Gasteiger partial charge in [0.25, 0.3) is 0 Å². The zero-order valence-corrected chi connectivity index (χ0v) is 8.41. The summed E-state index contributed by atoms with van der Waals surface area (Å²) < 4.78 is 13.0. The van der Waals surface area contributed by atoms with Crippen molar-refractivity contribution in [3.63, 3.8) is 0 Å². The lowest BCUT2D eigenvalue weighted by Gasteiger charge is -2.03. The molecule has 0 saturated carbocycles. The summed E-state index contributed by atoms with van der Waals surface area (Å²) in [5, 5.41) is 8.58. The molecule has 5 heteroatoms. The van der Waals surface area contributed by atoms with Crippen LogP contribution < -0.4 is 11.5 Å². The Labute approximate surface area is 83.5 Å². The SMILES string of the molecule is CC(N)=NCC/C(F)=C/C[C@H](N)CO. The number of hydrogen-bond donors (Lipinski definition) is 3. The van der Waals surface area contributed by atoms with Gasteiger partial charge in [-0.25, -0.2) is 4.39 Å². The molecule has 0 rings (SSSR count). The topological polar surface area (TPSA) is 84.6 Å². The fraction of sp³-hybridized carbons (Fsp3) is 0.667. The Bertz CT molecular complexity index is 212. The van der Waals surface area contributed by atoms with E-state index < -0.39 is 0 Å². The van der Waals surface area contributed by atoms with Gasteiger partial charge in [0.2, 0.25) is 0 Å². The Morgan fingerprint density at radius 3 is 2.79 bits per heavy atom. The van der Waals surface area contributed by atoms with Crippen molar-refractivity contribution in [1.82, 2.24) is 0 Å². The first-order chi connectivity index (χ1) is 6.56. The fourth-order valence-corrected chi connectivity index (χ4v) is 0.795. The molecule has 0 aromatic rings. The van der Waals surface area contributed by atoms with Gasteiger partial charge in [0.05, 0.1) is 18.3 Å². The summed E-state index contributed by atoms with van der Waals surface area (Å²) >= 11 is 0. The third kappa shape index (κ3) is 7.70. The highest BCUT2D eigenvalue weighted by molar-refractivity contribution is 5.77. The van der Waals surface area contributed by atoms with Crippen LogP contribution in [0, 0.1) is 0 Å². The standard InChI is InChI=1S/C9H18FN3O/c1-7(11)13-5-4-8(10)2-3-9(12)6-14/h2,9,14H,3-6,12H2,1H3,(H2,11,13)/b8-2-/t9-/m0/s1. The largest absolute Gasteiger partial charge is 0.395 e. The van der Waals surface area contributed by atoms with Gasteiger partial charge in [-0.3, -0.25) is 4.99 Å². The third-order valence-electron chi connectivity index (χ3n) is 1.59. The van der Waals surface area contributed by atoms with Crippen molar-refractivity contribution in [3.05, 3.63) is 11.9 Å². The molecule has 5 N–H and O–H groups in total. The number of rotatable bonds is 6. The van der Waals surface area contributed by atoms with Crippen molar-refractivity contribution < 1.29 is 9.50 Å². The van der Waals surface area contributed by atoms with Crippen LogP contribution in [0.15, 0.2) is 16.9 Å². The Balaban J connectivity index is 3.72. The fourth-order valence-electron chi connectivity index (χ4n) is 0.795. The van der Waals surface area contributed by atoms with Crippen molar-refractivity contribution >= 4 is 5.84 Å². The summed E-state index contributed by atoms with van der Waals surface area (Å²) in [4.78, 5) is 3.84. The molecular weight excluding hydrogens is 185 g/mol. The molecule has 0 aromatic heterocycles. The van der Waals surface area contributed by atoms with Gasteiger partial charge in [0, 0.05) is 19.0 Å². The summed E-state index contributed by atoms with van der Waals surface area (Å²) in [5.41, 5.74) is 10.7. The third-order valence-corrected chi connectivity index (χ3v) is 1.59. The van der Waals surface area contributed by atoms with E-state index in [2.05, 4.69) is 4.99 Å². The van der Waals surface area contributed by atoms with Gasteiger partial charge < -0.3 is 16.6 Å². The predicted molar refractivity (Wildman–Crippen MR) is 55.6 cm³/mol. The van der Waals surface area contributed by atoms with Crippen LogP contribution in [0.3, 0.4) is 0 Å². The minimum atomic E-state index is -0.388. The molecule has 0 fully saturated rings. The molecule has 1 atom stereocenters. The van der Waals surface area contributed by atoms with Gasteiger partial charge in [-0.1, -0.05) is 6.08 Å². The Morgan fingerprint density at radius 2 is 2.29 bits per heavy atom. The molecule has 0 saturated heterocycles. The lowest BCUT2D eigenvalue weighted by molar-refractivity contribution is 0.266. The molecule has 0 radical (unpaired) electrons. The van der Waals surface area contributed by atoms with Gasteiger partial charge in [0.15, 0.2) is 0 Å². The summed E-state index contributed by atoms with van der Waals surface area (Å²) in [6.07, 6.45) is 1.95. The monoisotopic (exact) mass is 203 g/mol. The lowest BCUT2D eigenvalue weighted by Crippen LogP contribution is -2.23. The van der Waals surface area contributed by atoms with E-state index in [9.17, 15) is 4.39 Å². The minimum Gasteiger partial charge on any atom is -0.395 e. The molecule has 0 aliphatic rings. The van der Waals surface area contributed by atoms with Crippen molar-refractivity contribution in [2.24, 2.45) is 16.5 Å². The van der Waals surface area contributed by atoms with Crippen molar-refractivity contribution in [1.29, 1.82) is 0 Å². The Morgan fingerprint density at radius 1 is 1.64 bits per heavy atom. The van der Waals surface area contributed by atoms with Crippen LogP contribution in [-0.4, -0.2) is 30.1 Å². The van der Waals surface area contributed by atoms with Gasteiger partial charge in [-0.15, -0.1) is 0 Å². The average Bonchev–Trinajstić information content (AvgIpc) is 2.13. The van der Waals surface area contributed by atoms with Gasteiger partial charge >= 0.3 is 0 Å². The zero-order valence-electron chi connectivity index (χ0n) is 8.41. The number of aliphatic imine (C=N–C) groups is 1. The van der Waals surface area contributed by atoms with Crippen LogP contribution in [0.4, 0.5) is 4.39 Å². The van der Waals surface area contributed by atoms with Crippen LogP contribution in [0.25, 0.3) is 0 Å². The summed E-state index contributed by atoms with van der Waals surface area (Å²) in [7, 11) is 0. The van der Waals surface area contributed by atoms with E-state index >= 15 is 0 Å². The molecule has 0 heterocycles. The number of nitrogens with two attached hydrogens (primary N) is 2. The first-order valence-electron chi connectivity index (χ1n) is 4.53. The number of aliphatic hydroxyl groups excluding tert-OH is 1. The molecule has 4 nitrogen and oxygen atoms in total. The maximum Gasteiger partial charge on any atom is 0.0978 e. The normalized spacial score (nSPS) is 15.7. The highest BCUT2D eigenvalue weighted by atomic mass is 19.1. The second-order valence-corrected chi connectivity index (χ2v) is 3.10. The van der Waals surface area contributed by atoms with Gasteiger partial charge in [0.1, 0.15) is 0 Å². The molecule has 0 bridgehead atoms. The summed E-state index contributed by atoms with van der Waals surface area (Å²) in [6, 6.07) is -0.388. The maximum absolute atomic E-state index is 13.0. The maximum atomic E-state index is 13.0. The van der Waals surface area contributed by atoms with Crippen molar-refractivity contribution in [3.8, 4) is 0 Å². The Kier molecular flexibility index (Phi) is 6.96. The second kappa shape index (κ2) is 7.46. The number of hydrogen-bond acceptors (Lipinski definition) is 3. The number of halogens is 1. The van der Waals surface area contributed by atoms with E-state index in [4.69, 9.17) is 16.6 Å². The van der Waals surface area contributed by atoms with E-state index in [-0.39, 0.29) is 24.9 Å². The summed E-state index contributed by atoms with van der Waals surface area (Å²) in [6.45, 7) is 1.87. The van der Waals surface area contributed by atoms with Crippen LogP contribution in [0.1, 0.15) is 19.8 Å². The molecule has 0 aliphatic carbocycles. The predicted octanol–water partition coefficient (Wildman–Crippen LogP) is 0.317. The van der Waals surface area contributed by atoms with Crippen LogP contribution in [-0.2, 0) is 0 Å². The van der Waals surface area contributed by atoms with E-state index in [1.54, 1.807) is 6.92 Å². The van der Waals surface area contributed by atoms with E-state index in [1.807, 2.05) is 0 Å². The van der Waals surface area contributed by atoms with Crippen LogP contribution in [0.5, 0.6) is 0 Å². The van der Waals surface area contributed by atoms with Gasteiger partial charge in [-0.05, 0) is 13.3 Å². The molecule has 0 aliphatic heterocycles. The quantitative estimate of drug-likeness (QED) is 0.429. The molecule has 82 valence electrons. The molecule has 0 spiro atoms.